The number of aliphatic carboxylic acids is 1. The Morgan fingerprint density at radius 3 is 2.71 bits per heavy atom. The Morgan fingerprint density at radius 2 is 2.00 bits per heavy atom. The molecule has 1 N–H and O–H groups in total. The molecule has 2 heterocycles. The highest BCUT2D eigenvalue weighted by Gasteiger charge is 2.40. The fourth-order valence-electron chi connectivity index (χ4n) is 3.12. The lowest BCUT2D eigenvalue weighted by Crippen LogP contribution is -2.46. The molecule has 1 amide bonds. The molecule has 1 aromatic carbocycles. The molecule has 21 heavy (non-hydrogen) atoms. The van der Waals surface area contributed by atoms with Crippen LogP contribution in [0.4, 0.5) is 0 Å². The Morgan fingerprint density at radius 1 is 1.29 bits per heavy atom. The number of nitrogens with zero attached hydrogens (tertiary/aromatic N) is 1. The van der Waals surface area contributed by atoms with Gasteiger partial charge in [-0.25, -0.2) is 4.79 Å². The van der Waals surface area contributed by atoms with Crippen LogP contribution < -0.4 is 4.74 Å². The smallest absolute Gasteiger partial charge is 0.326 e. The number of hydrogen-bond acceptors (Lipinski definition) is 3. The zero-order valence-electron chi connectivity index (χ0n) is 12.3. The van der Waals surface area contributed by atoms with Crippen molar-refractivity contribution in [1.82, 2.24) is 4.90 Å². The first-order valence-corrected chi connectivity index (χ1v) is 7.27. The molecular weight excluding hydrogens is 270 g/mol. The molecule has 1 unspecified atom stereocenters. The number of rotatable bonds is 2. The average molecular weight is 289 g/mol. The third kappa shape index (κ3) is 2.37. The van der Waals surface area contributed by atoms with Gasteiger partial charge in [0.2, 0.25) is 0 Å². The van der Waals surface area contributed by atoms with Crippen molar-refractivity contribution in [3.8, 4) is 5.75 Å². The van der Waals surface area contributed by atoms with Gasteiger partial charge in [-0.3, -0.25) is 4.79 Å². The van der Waals surface area contributed by atoms with E-state index in [-0.39, 0.29) is 5.91 Å². The number of benzene rings is 1. The first kappa shape index (κ1) is 13.9. The lowest BCUT2D eigenvalue weighted by atomic mass is 10.0. The first-order chi connectivity index (χ1) is 9.97. The number of carbonyl (C=O) groups excluding carboxylic acids is 1. The van der Waals surface area contributed by atoms with E-state index in [1.54, 1.807) is 0 Å². The van der Waals surface area contributed by atoms with Crippen molar-refractivity contribution in [2.24, 2.45) is 0 Å². The van der Waals surface area contributed by atoms with E-state index < -0.39 is 18.1 Å². The molecule has 1 fully saturated rings. The van der Waals surface area contributed by atoms with Gasteiger partial charge in [-0.05, 0) is 49.4 Å². The third-order valence-corrected chi connectivity index (χ3v) is 4.45. The minimum Gasteiger partial charge on any atom is -0.480 e. The molecule has 0 aromatic heterocycles. The van der Waals surface area contributed by atoms with Crippen molar-refractivity contribution in [1.29, 1.82) is 0 Å². The first-order valence-electron chi connectivity index (χ1n) is 7.27. The minimum atomic E-state index is -0.928. The number of carboxylic acids is 1. The number of fused-ring (bicyclic) bond motifs is 1. The van der Waals surface area contributed by atoms with E-state index in [1.165, 1.54) is 10.5 Å². The van der Waals surface area contributed by atoms with Crippen molar-refractivity contribution in [3.63, 3.8) is 0 Å². The van der Waals surface area contributed by atoms with E-state index in [1.807, 2.05) is 19.9 Å². The number of ether oxygens (including phenoxy) is 1. The van der Waals surface area contributed by atoms with Gasteiger partial charge in [-0.15, -0.1) is 0 Å². The molecule has 2 aliphatic heterocycles. The van der Waals surface area contributed by atoms with Crippen LogP contribution in [0.3, 0.4) is 0 Å². The maximum Gasteiger partial charge on any atom is 0.326 e. The number of carboxylic acid groups (broad SMARTS) is 1. The lowest BCUT2D eigenvalue weighted by molar-refractivity contribution is -0.150. The van der Waals surface area contributed by atoms with E-state index in [4.69, 9.17) is 4.74 Å². The average Bonchev–Trinajstić information content (AvgIpc) is 3.04. The summed E-state index contributed by atoms with van der Waals surface area (Å²) in [5.41, 5.74) is 3.34. The lowest BCUT2D eigenvalue weighted by Gasteiger charge is -2.24. The van der Waals surface area contributed by atoms with Crippen LogP contribution in [0.2, 0.25) is 0 Å². The Hall–Kier alpha value is -2.04. The molecule has 3 rings (SSSR count). The van der Waals surface area contributed by atoms with E-state index in [0.29, 0.717) is 19.4 Å². The molecule has 2 aliphatic rings. The van der Waals surface area contributed by atoms with Crippen LogP contribution in [0, 0.1) is 13.8 Å². The summed E-state index contributed by atoms with van der Waals surface area (Å²) in [5, 5.41) is 9.19. The van der Waals surface area contributed by atoms with Gasteiger partial charge >= 0.3 is 5.97 Å². The van der Waals surface area contributed by atoms with Crippen molar-refractivity contribution in [2.45, 2.75) is 45.3 Å². The van der Waals surface area contributed by atoms with Crippen molar-refractivity contribution in [2.75, 3.05) is 6.54 Å². The van der Waals surface area contributed by atoms with Crippen LogP contribution in [-0.4, -0.2) is 40.6 Å². The molecule has 0 spiro atoms. The minimum absolute atomic E-state index is 0.202. The molecule has 0 saturated carbocycles. The van der Waals surface area contributed by atoms with Crippen molar-refractivity contribution >= 4 is 11.9 Å². The summed E-state index contributed by atoms with van der Waals surface area (Å²) in [5.74, 6) is -0.378. The molecule has 5 heteroatoms. The summed E-state index contributed by atoms with van der Waals surface area (Å²) in [4.78, 5) is 25.2. The molecule has 0 aliphatic carbocycles. The Kier molecular flexibility index (Phi) is 3.35. The van der Waals surface area contributed by atoms with Crippen LogP contribution in [0.1, 0.15) is 29.5 Å². The second-order valence-electron chi connectivity index (χ2n) is 5.88. The maximum atomic E-state index is 12.5. The fraction of sp³-hybridized carbons (Fsp3) is 0.500. The quantitative estimate of drug-likeness (QED) is 0.899. The van der Waals surface area contributed by atoms with Gasteiger partial charge in [0.1, 0.15) is 11.8 Å². The summed E-state index contributed by atoms with van der Waals surface area (Å²) in [6.45, 7) is 4.55. The molecule has 2 atom stereocenters. The van der Waals surface area contributed by atoms with E-state index in [0.717, 1.165) is 23.3 Å². The molecular formula is C16H19NO4. The predicted octanol–water partition coefficient (Wildman–Crippen LogP) is 1.68. The van der Waals surface area contributed by atoms with Crippen molar-refractivity contribution < 1.29 is 19.4 Å². The van der Waals surface area contributed by atoms with Crippen LogP contribution in [-0.2, 0) is 16.0 Å². The molecule has 0 bridgehead atoms. The second kappa shape index (κ2) is 5.06. The molecule has 5 nitrogen and oxygen atoms in total. The summed E-state index contributed by atoms with van der Waals surface area (Å²) in [7, 11) is 0. The molecule has 0 radical (unpaired) electrons. The van der Waals surface area contributed by atoms with E-state index in [2.05, 4.69) is 6.07 Å². The van der Waals surface area contributed by atoms with E-state index in [9.17, 15) is 14.7 Å². The molecule has 112 valence electrons. The summed E-state index contributed by atoms with van der Waals surface area (Å²) in [6, 6.07) is 3.31. The zero-order valence-corrected chi connectivity index (χ0v) is 12.3. The Labute approximate surface area is 123 Å². The van der Waals surface area contributed by atoms with Crippen molar-refractivity contribution in [3.05, 3.63) is 28.8 Å². The Balaban J connectivity index is 1.78. The largest absolute Gasteiger partial charge is 0.480 e. The normalized spacial score (nSPS) is 23.8. The van der Waals surface area contributed by atoms with E-state index >= 15 is 0 Å². The monoisotopic (exact) mass is 289 g/mol. The SMILES string of the molecule is Cc1cc2c(cc1C)OC(C(=O)N1CCC[C@H]1C(=O)O)C2. The fourth-order valence-corrected chi connectivity index (χ4v) is 3.12. The van der Waals surface area contributed by atoms with Gasteiger partial charge in [0, 0.05) is 13.0 Å². The van der Waals surface area contributed by atoms with Crippen LogP contribution in [0.25, 0.3) is 0 Å². The third-order valence-electron chi connectivity index (χ3n) is 4.45. The number of aryl methyl sites for hydroxylation is 2. The van der Waals surface area contributed by atoms with Gasteiger partial charge in [0.05, 0.1) is 0 Å². The number of amides is 1. The standard InChI is InChI=1S/C16H19NO4/c1-9-6-11-8-14(21-13(11)7-10(9)2)15(18)17-5-3-4-12(17)16(19)20/h6-7,12,14H,3-5,8H2,1-2H3,(H,19,20)/t12-,14?/m0/s1. The second-order valence-corrected chi connectivity index (χ2v) is 5.88. The highest BCUT2D eigenvalue weighted by Crippen LogP contribution is 2.33. The predicted molar refractivity (Wildman–Crippen MR) is 76.4 cm³/mol. The number of carbonyl (C=O) groups is 2. The van der Waals surface area contributed by atoms with Gasteiger partial charge in [0.25, 0.3) is 5.91 Å². The van der Waals surface area contributed by atoms with Gasteiger partial charge < -0.3 is 14.7 Å². The zero-order chi connectivity index (χ0) is 15.1. The Bertz CT molecular complexity index is 580. The summed E-state index contributed by atoms with van der Waals surface area (Å²) < 4.78 is 5.76. The van der Waals surface area contributed by atoms with Crippen LogP contribution >= 0.6 is 0 Å². The topological polar surface area (TPSA) is 66.8 Å². The van der Waals surface area contributed by atoms with Crippen LogP contribution in [0.5, 0.6) is 5.75 Å². The van der Waals surface area contributed by atoms with Gasteiger partial charge in [-0.1, -0.05) is 6.07 Å². The maximum absolute atomic E-state index is 12.5. The highest BCUT2D eigenvalue weighted by molar-refractivity contribution is 5.88. The number of likely N-dealkylation sites (tertiary alicyclic amines) is 1. The molecule has 1 saturated heterocycles. The highest BCUT2D eigenvalue weighted by atomic mass is 16.5. The molecule has 1 aromatic rings. The summed E-state index contributed by atoms with van der Waals surface area (Å²) >= 11 is 0. The number of hydrogen-bond donors (Lipinski definition) is 1. The van der Waals surface area contributed by atoms with Gasteiger partial charge in [-0.2, -0.15) is 0 Å². The van der Waals surface area contributed by atoms with Gasteiger partial charge in [0.15, 0.2) is 6.10 Å². The summed E-state index contributed by atoms with van der Waals surface area (Å²) in [6.07, 6.45) is 1.21. The van der Waals surface area contributed by atoms with Crippen LogP contribution in [0.15, 0.2) is 12.1 Å².